The average Bonchev–Trinajstić information content (AvgIpc) is 3.06. The zero-order valence-electron chi connectivity index (χ0n) is 13.7. The van der Waals surface area contributed by atoms with Crippen LogP contribution < -0.4 is 0 Å². The van der Waals surface area contributed by atoms with E-state index in [0.717, 1.165) is 30.3 Å². The van der Waals surface area contributed by atoms with E-state index < -0.39 is 0 Å². The number of rotatable bonds is 2. The van der Waals surface area contributed by atoms with Crippen LogP contribution in [0, 0.1) is 6.92 Å². The van der Waals surface area contributed by atoms with Crippen molar-refractivity contribution in [3.05, 3.63) is 41.7 Å². The number of amides is 1. The van der Waals surface area contributed by atoms with Crippen molar-refractivity contribution in [2.75, 3.05) is 26.7 Å². The Hall–Kier alpha value is -2.08. The van der Waals surface area contributed by atoms with Crippen molar-refractivity contribution >= 4 is 5.91 Å². The summed E-state index contributed by atoms with van der Waals surface area (Å²) in [6, 6.07) is 4.03. The third kappa shape index (κ3) is 2.43. The van der Waals surface area contributed by atoms with E-state index in [0.29, 0.717) is 6.54 Å². The maximum absolute atomic E-state index is 12.8. The zero-order chi connectivity index (χ0) is 15.9. The summed E-state index contributed by atoms with van der Waals surface area (Å²) in [4.78, 5) is 21.5. The normalized spacial score (nSPS) is 19.6. The van der Waals surface area contributed by atoms with Crippen molar-refractivity contribution in [3.63, 3.8) is 0 Å². The molecule has 1 saturated heterocycles. The first-order valence-electron chi connectivity index (χ1n) is 7.58. The van der Waals surface area contributed by atoms with Gasteiger partial charge >= 0.3 is 0 Å². The third-order valence-corrected chi connectivity index (χ3v) is 4.68. The van der Waals surface area contributed by atoms with Crippen molar-refractivity contribution in [1.82, 2.24) is 23.9 Å². The molecule has 0 saturated carbocycles. The second-order valence-corrected chi connectivity index (χ2v) is 6.06. The fraction of sp³-hybridized carbons (Fsp3) is 0.500. The van der Waals surface area contributed by atoms with Gasteiger partial charge in [0, 0.05) is 51.8 Å². The van der Waals surface area contributed by atoms with E-state index in [1.807, 2.05) is 59.6 Å². The molecule has 1 aliphatic rings. The summed E-state index contributed by atoms with van der Waals surface area (Å²) in [6.07, 6.45) is 3.76. The Bertz CT molecular complexity index is 687. The van der Waals surface area contributed by atoms with Crippen LogP contribution in [0.5, 0.6) is 0 Å². The van der Waals surface area contributed by atoms with E-state index in [2.05, 4.69) is 16.9 Å². The van der Waals surface area contributed by atoms with E-state index in [4.69, 9.17) is 0 Å². The minimum absolute atomic E-state index is 0.0999. The first-order chi connectivity index (χ1) is 10.5. The Morgan fingerprint density at radius 1 is 1.23 bits per heavy atom. The number of hydrogen-bond acceptors (Lipinski definition) is 3. The molecule has 0 spiro atoms. The van der Waals surface area contributed by atoms with Crippen LogP contribution in [0.2, 0.25) is 0 Å². The third-order valence-electron chi connectivity index (χ3n) is 4.68. The quantitative estimate of drug-likeness (QED) is 0.837. The van der Waals surface area contributed by atoms with Crippen LogP contribution >= 0.6 is 0 Å². The highest BCUT2D eigenvalue weighted by Crippen LogP contribution is 2.23. The summed E-state index contributed by atoms with van der Waals surface area (Å²) >= 11 is 0. The van der Waals surface area contributed by atoms with Crippen molar-refractivity contribution in [3.8, 4) is 0 Å². The minimum atomic E-state index is 0.0999. The van der Waals surface area contributed by atoms with Crippen LogP contribution in [-0.2, 0) is 14.1 Å². The SMILES string of the molecule is Cc1ccc(C(=O)N2CCN(C)C(c3nccn3C)C2)n1C. The Kier molecular flexibility index (Phi) is 3.78. The second-order valence-electron chi connectivity index (χ2n) is 6.06. The fourth-order valence-corrected chi connectivity index (χ4v) is 3.03. The summed E-state index contributed by atoms with van der Waals surface area (Å²) in [5.41, 5.74) is 1.85. The lowest BCUT2D eigenvalue weighted by Crippen LogP contribution is -2.49. The zero-order valence-corrected chi connectivity index (χ0v) is 13.7. The first-order valence-corrected chi connectivity index (χ1v) is 7.58. The van der Waals surface area contributed by atoms with Crippen molar-refractivity contribution < 1.29 is 4.79 Å². The molecule has 1 unspecified atom stereocenters. The number of hydrogen-bond donors (Lipinski definition) is 0. The lowest BCUT2D eigenvalue weighted by Gasteiger charge is -2.39. The van der Waals surface area contributed by atoms with E-state index in [-0.39, 0.29) is 11.9 Å². The van der Waals surface area contributed by atoms with Gasteiger partial charge in [-0.25, -0.2) is 4.98 Å². The van der Waals surface area contributed by atoms with Gasteiger partial charge in [0.15, 0.2) is 0 Å². The summed E-state index contributed by atoms with van der Waals surface area (Å²) < 4.78 is 3.98. The molecule has 2 aromatic rings. The summed E-state index contributed by atoms with van der Waals surface area (Å²) in [5, 5.41) is 0. The number of likely N-dealkylation sites (N-methyl/N-ethyl adjacent to an activating group) is 1. The Labute approximate surface area is 131 Å². The average molecular weight is 301 g/mol. The van der Waals surface area contributed by atoms with Gasteiger partial charge in [-0.05, 0) is 26.1 Å². The number of carbonyl (C=O) groups is 1. The van der Waals surface area contributed by atoms with E-state index in [1.165, 1.54) is 0 Å². The summed E-state index contributed by atoms with van der Waals surface area (Å²) in [5.74, 6) is 1.10. The Morgan fingerprint density at radius 3 is 2.59 bits per heavy atom. The smallest absolute Gasteiger partial charge is 0.270 e. The second kappa shape index (κ2) is 5.61. The van der Waals surface area contributed by atoms with Gasteiger partial charge in [-0.2, -0.15) is 0 Å². The predicted molar refractivity (Wildman–Crippen MR) is 84.6 cm³/mol. The van der Waals surface area contributed by atoms with Crippen LogP contribution in [0.25, 0.3) is 0 Å². The van der Waals surface area contributed by atoms with Crippen molar-refractivity contribution in [2.24, 2.45) is 14.1 Å². The predicted octanol–water partition coefficient (Wildman–Crippen LogP) is 1.20. The van der Waals surface area contributed by atoms with Gasteiger partial charge in [0.2, 0.25) is 0 Å². The standard InChI is InChI=1S/C16H23N5O/c1-12-5-6-13(20(12)4)16(22)21-10-9-18(2)14(11-21)15-17-7-8-19(15)3/h5-8,14H,9-11H2,1-4H3. The van der Waals surface area contributed by atoms with Crippen LogP contribution in [0.4, 0.5) is 0 Å². The lowest BCUT2D eigenvalue weighted by molar-refractivity contribution is 0.0520. The molecule has 0 aliphatic carbocycles. The maximum atomic E-state index is 12.8. The van der Waals surface area contributed by atoms with E-state index in [1.54, 1.807) is 0 Å². The molecule has 118 valence electrons. The van der Waals surface area contributed by atoms with Crippen LogP contribution in [0.3, 0.4) is 0 Å². The molecule has 1 fully saturated rings. The highest BCUT2D eigenvalue weighted by Gasteiger charge is 2.31. The number of piperazine rings is 1. The molecule has 3 rings (SSSR count). The van der Waals surface area contributed by atoms with Gasteiger partial charge < -0.3 is 14.0 Å². The molecule has 3 heterocycles. The van der Waals surface area contributed by atoms with Crippen molar-refractivity contribution in [1.29, 1.82) is 0 Å². The lowest BCUT2D eigenvalue weighted by atomic mass is 10.1. The van der Waals surface area contributed by atoms with Gasteiger partial charge in [-0.15, -0.1) is 0 Å². The number of nitrogens with zero attached hydrogens (tertiary/aromatic N) is 5. The first kappa shape index (κ1) is 14.8. The molecular formula is C16H23N5O. The molecule has 6 heteroatoms. The fourth-order valence-electron chi connectivity index (χ4n) is 3.03. The van der Waals surface area contributed by atoms with Gasteiger partial charge in [-0.1, -0.05) is 0 Å². The van der Waals surface area contributed by atoms with Crippen molar-refractivity contribution in [2.45, 2.75) is 13.0 Å². The largest absolute Gasteiger partial charge is 0.344 e. The highest BCUT2D eigenvalue weighted by atomic mass is 16.2. The molecular weight excluding hydrogens is 278 g/mol. The summed E-state index contributed by atoms with van der Waals surface area (Å²) in [6.45, 7) is 4.29. The molecule has 1 amide bonds. The molecule has 1 aliphatic heterocycles. The minimum Gasteiger partial charge on any atom is -0.344 e. The van der Waals surface area contributed by atoms with E-state index >= 15 is 0 Å². The van der Waals surface area contributed by atoms with Crippen LogP contribution in [0.1, 0.15) is 28.0 Å². The van der Waals surface area contributed by atoms with Crippen LogP contribution in [-0.4, -0.2) is 56.5 Å². The number of carbonyl (C=O) groups excluding carboxylic acids is 1. The molecule has 0 aromatic carbocycles. The van der Waals surface area contributed by atoms with Gasteiger partial charge in [0.1, 0.15) is 11.5 Å². The molecule has 1 atom stereocenters. The molecule has 6 nitrogen and oxygen atoms in total. The van der Waals surface area contributed by atoms with Gasteiger partial charge in [0.25, 0.3) is 5.91 Å². The van der Waals surface area contributed by atoms with Crippen LogP contribution in [0.15, 0.2) is 24.5 Å². The number of aromatic nitrogens is 3. The summed E-state index contributed by atoms with van der Waals surface area (Å²) in [7, 11) is 6.03. The molecule has 0 bridgehead atoms. The molecule has 0 N–H and O–H groups in total. The Balaban J connectivity index is 1.83. The van der Waals surface area contributed by atoms with Gasteiger partial charge in [0.05, 0.1) is 6.04 Å². The van der Waals surface area contributed by atoms with Gasteiger partial charge in [-0.3, -0.25) is 9.69 Å². The Morgan fingerprint density at radius 2 is 2.00 bits per heavy atom. The number of aryl methyl sites for hydroxylation is 2. The maximum Gasteiger partial charge on any atom is 0.270 e. The molecule has 0 radical (unpaired) electrons. The molecule has 2 aromatic heterocycles. The highest BCUT2D eigenvalue weighted by molar-refractivity contribution is 5.93. The monoisotopic (exact) mass is 301 g/mol. The number of imidazole rings is 1. The molecule has 22 heavy (non-hydrogen) atoms. The van der Waals surface area contributed by atoms with E-state index in [9.17, 15) is 4.79 Å². The topological polar surface area (TPSA) is 46.3 Å².